The molecular formula is C15H23ClF2N2. The van der Waals surface area contributed by atoms with E-state index in [1.807, 2.05) is 0 Å². The van der Waals surface area contributed by atoms with Gasteiger partial charge in [0.25, 0.3) is 0 Å². The largest absolute Gasteiger partial charge is 0.314 e. The fourth-order valence-electron chi connectivity index (χ4n) is 2.70. The third kappa shape index (κ3) is 4.40. The number of benzene rings is 1. The van der Waals surface area contributed by atoms with Crippen LogP contribution in [0.4, 0.5) is 8.78 Å². The Kier molecular flexibility index (Phi) is 7.41. The van der Waals surface area contributed by atoms with E-state index in [0.717, 1.165) is 45.4 Å². The van der Waals surface area contributed by atoms with Gasteiger partial charge in [-0.3, -0.25) is 4.90 Å². The lowest BCUT2D eigenvalue weighted by Gasteiger charge is -2.35. The van der Waals surface area contributed by atoms with E-state index in [0.29, 0.717) is 5.56 Å². The molecule has 114 valence electrons. The van der Waals surface area contributed by atoms with Gasteiger partial charge in [-0.05, 0) is 24.6 Å². The smallest absolute Gasteiger partial charge is 0.128 e. The average Bonchev–Trinajstić information content (AvgIpc) is 2.44. The number of piperazine rings is 1. The summed E-state index contributed by atoms with van der Waals surface area (Å²) in [5, 5.41) is 3.29. The van der Waals surface area contributed by atoms with Crippen LogP contribution in [-0.4, -0.2) is 31.1 Å². The van der Waals surface area contributed by atoms with Crippen LogP contribution < -0.4 is 5.32 Å². The lowest BCUT2D eigenvalue weighted by molar-refractivity contribution is 0.160. The fraction of sp³-hybridized carbons (Fsp3) is 0.600. The number of hydrogen-bond acceptors (Lipinski definition) is 2. The summed E-state index contributed by atoms with van der Waals surface area (Å²) in [6, 6.07) is 3.79. The first-order valence-electron chi connectivity index (χ1n) is 7.12. The van der Waals surface area contributed by atoms with E-state index in [1.165, 1.54) is 18.2 Å². The maximum atomic E-state index is 14.0. The standard InChI is InChI=1S/C15H22F2N2.ClH/c1-2-3-4-15(19-9-7-18-8-10-19)13-11-12(16)5-6-14(13)17;/h5-6,11,15,18H,2-4,7-10H2,1H3;1H/t15-;/m1./s1. The van der Waals surface area contributed by atoms with Gasteiger partial charge in [-0.15, -0.1) is 12.4 Å². The van der Waals surface area contributed by atoms with E-state index in [4.69, 9.17) is 0 Å². The van der Waals surface area contributed by atoms with E-state index in [-0.39, 0.29) is 30.1 Å². The molecule has 1 aromatic rings. The Bertz CT molecular complexity index is 409. The third-order valence-corrected chi connectivity index (χ3v) is 3.74. The average molecular weight is 305 g/mol. The molecule has 1 N–H and O–H groups in total. The molecular weight excluding hydrogens is 282 g/mol. The Morgan fingerprint density at radius 3 is 2.60 bits per heavy atom. The molecule has 2 rings (SSSR count). The van der Waals surface area contributed by atoms with Crippen LogP contribution in [0, 0.1) is 11.6 Å². The molecule has 0 aliphatic carbocycles. The summed E-state index contributed by atoms with van der Waals surface area (Å²) < 4.78 is 27.4. The molecule has 0 amide bonds. The first kappa shape index (κ1) is 17.3. The van der Waals surface area contributed by atoms with E-state index < -0.39 is 0 Å². The van der Waals surface area contributed by atoms with Crippen LogP contribution in [0.1, 0.15) is 37.8 Å². The molecule has 1 fully saturated rings. The fourth-order valence-corrected chi connectivity index (χ4v) is 2.70. The molecule has 0 unspecified atom stereocenters. The monoisotopic (exact) mass is 304 g/mol. The molecule has 1 aliphatic heterocycles. The van der Waals surface area contributed by atoms with Crippen molar-refractivity contribution in [1.29, 1.82) is 0 Å². The third-order valence-electron chi connectivity index (χ3n) is 3.74. The van der Waals surface area contributed by atoms with Crippen LogP contribution >= 0.6 is 12.4 Å². The molecule has 1 aromatic carbocycles. The van der Waals surface area contributed by atoms with Crippen molar-refractivity contribution in [3.63, 3.8) is 0 Å². The molecule has 20 heavy (non-hydrogen) atoms. The molecule has 1 aliphatic rings. The van der Waals surface area contributed by atoms with E-state index in [1.54, 1.807) is 0 Å². The number of rotatable bonds is 5. The van der Waals surface area contributed by atoms with Crippen LogP contribution in [0.5, 0.6) is 0 Å². The van der Waals surface area contributed by atoms with Crippen molar-refractivity contribution in [3.05, 3.63) is 35.4 Å². The Balaban J connectivity index is 0.00000200. The predicted molar refractivity (Wildman–Crippen MR) is 80.3 cm³/mol. The molecule has 0 radical (unpaired) electrons. The maximum absolute atomic E-state index is 14.0. The van der Waals surface area contributed by atoms with Crippen LogP contribution in [0.3, 0.4) is 0 Å². The van der Waals surface area contributed by atoms with Gasteiger partial charge in [0.2, 0.25) is 0 Å². The van der Waals surface area contributed by atoms with Gasteiger partial charge in [0.1, 0.15) is 11.6 Å². The number of unbranched alkanes of at least 4 members (excludes halogenated alkanes) is 1. The van der Waals surface area contributed by atoms with E-state index in [9.17, 15) is 8.78 Å². The summed E-state index contributed by atoms with van der Waals surface area (Å²) in [6.07, 6.45) is 2.99. The van der Waals surface area contributed by atoms with Gasteiger partial charge in [-0.25, -0.2) is 8.78 Å². The van der Waals surface area contributed by atoms with Crippen LogP contribution in [0.15, 0.2) is 18.2 Å². The molecule has 5 heteroatoms. The summed E-state index contributed by atoms with van der Waals surface area (Å²) >= 11 is 0. The van der Waals surface area contributed by atoms with E-state index in [2.05, 4.69) is 17.1 Å². The van der Waals surface area contributed by atoms with Crippen LogP contribution in [0.25, 0.3) is 0 Å². The molecule has 0 spiro atoms. The Morgan fingerprint density at radius 2 is 1.95 bits per heavy atom. The molecule has 1 saturated heterocycles. The van der Waals surface area contributed by atoms with Crippen molar-refractivity contribution in [2.24, 2.45) is 0 Å². The maximum Gasteiger partial charge on any atom is 0.128 e. The SMILES string of the molecule is CCCC[C@H](c1cc(F)ccc1F)N1CCNCC1.Cl. The van der Waals surface area contributed by atoms with Gasteiger partial charge >= 0.3 is 0 Å². The Morgan fingerprint density at radius 1 is 1.25 bits per heavy atom. The van der Waals surface area contributed by atoms with Crippen LogP contribution in [0.2, 0.25) is 0 Å². The van der Waals surface area contributed by atoms with Crippen molar-refractivity contribution in [1.82, 2.24) is 10.2 Å². The zero-order valence-electron chi connectivity index (χ0n) is 11.9. The topological polar surface area (TPSA) is 15.3 Å². The molecule has 2 nitrogen and oxygen atoms in total. The Hall–Kier alpha value is -0.710. The van der Waals surface area contributed by atoms with Gasteiger partial charge in [0, 0.05) is 37.8 Å². The molecule has 1 heterocycles. The van der Waals surface area contributed by atoms with Crippen molar-refractivity contribution in [2.75, 3.05) is 26.2 Å². The first-order chi connectivity index (χ1) is 9.22. The second-order valence-electron chi connectivity index (χ2n) is 5.11. The summed E-state index contributed by atoms with van der Waals surface area (Å²) in [7, 11) is 0. The van der Waals surface area contributed by atoms with Crippen molar-refractivity contribution >= 4 is 12.4 Å². The number of nitrogens with zero attached hydrogens (tertiary/aromatic N) is 1. The van der Waals surface area contributed by atoms with Gasteiger partial charge in [-0.2, -0.15) is 0 Å². The normalized spacial score (nSPS) is 17.6. The minimum absolute atomic E-state index is 0. The second kappa shape index (κ2) is 8.55. The highest BCUT2D eigenvalue weighted by molar-refractivity contribution is 5.85. The first-order valence-corrected chi connectivity index (χ1v) is 7.12. The quantitative estimate of drug-likeness (QED) is 0.895. The zero-order valence-corrected chi connectivity index (χ0v) is 12.7. The highest BCUT2D eigenvalue weighted by Gasteiger charge is 2.24. The summed E-state index contributed by atoms with van der Waals surface area (Å²) in [4.78, 5) is 2.27. The number of nitrogens with one attached hydrogen (secondary N) is 1. The molecule has 1 atom stereocenters. The zero-order chi connectivity index (χ0) is 13.7. The van der Waals surface area contributed by atoms with Gasteiger partial charge in [-0.1, -0.05) is 19.8 Å². The Labute approximate surface area is 126 Å². The summed E-state index contributed by atoms with van der Waals surface area (Å²) in [5.74, 6) is -0.644. The van der Waals surface area contributed by atoms with Crippen molar-refractivity contribution < 1.29 is 8.78 Å². The van der Waals surface area contributed by atoms with Crippen molar-refractivity contribution in [3.8, 4) is 0 Å². The summed E-state index contributed by atoms with van der Waals surface area (Å²) in [5.41, 5.74) is 0.510. The van der Waals surface area contributed by atoms with Gasteiger partial charge in [0.05, 0.1) is 0 Å². The highest BCUT2D eigenvalue weighted by atomic mass is 35.5. The molecule has 0 bridgehead atoms. The molecule has 0 saturated carbocycles. The second-order valence-corrected chi connectivity index (χ2v) is 5.11. The van der Waals surface area contributed by atoms with Crippen molar-refractivity contribution in [2.45, 2.75) is 32.2 Å². The highest BCUT2D eigenvalue weighted by Crippen LogP contribution is 2.29. The van der Waals surface area contributed by atoms with Crippen LogP contribution in [-0.2, 0) is 0 Å². The number of hydrogen-bond donors (Lipinski definition) is 1. The van der Waals surface area contributed by atoms with E-state index >= 15 is 0 Å². The van der Waals surface area contributed by atoms with Gasteiger partial charge < -0.3 is 5.32 Å². The lowest BCUT2D eigenvalue weighted by atomic mass is 9.98. The lowest BCUT2D eigenvalue weighted by Crippen LogP contribution is -2.45. The predicted octanol–water partition coefficient (Wildman–Crippen LogP) is 3.52. The van der Waals surface area contributed by atoms with Gasteiger partial charge in [0.15, 0.2) is 0 Å². The minimum Gasteiger partial charge on any atom is -0.314 e. The number of halogens is 3. The summed E-state index contributed by atoms with van der Waals surface area (Å²) in [6.45, 7) is 5.74. The minimum atomic E-state index is -0.354. The molecule has 0 aromatic heterocycles.